The van der Waals surface area contributed by atoms with Crippen molar-refractivity contribution in [2.75, 3.05) is 6.54 Å². The molecule has 0 aromatic carbocycles. The number of fused-ring (bicyclic) bond motifs is 1. The molecule has 0 aromatic rings. The van der Waals surface area contributed by atoms with Crippen LogP contribution in [0.2, 0.25) is 0 Å². The number of nitrogens with one attached hydrogen (secondary N) is 1. The third kappa shape index (κ3) is 4.92. The van der Waals surface area contributed by atoms with E-state index in [-0.39, 0.29) is 0 Å². The average molecular weight is 259 g/mol. The van der Waals surface area contributed by atoms with Crippen LogP contribution in [-0.4, -0.2) is 23.6 Å². The Morgan fingerprint density at radius 3 is 3.00 bits per heavy atom. The Kier molecular flexibility index (Phi) is 6.99. The van der Waals surface area contributed by atoms with Gasteiger partial charge in [0.2, 0.25) is 0 Å². The van der Waals surface area contributed by atoms with Crippen molar-refractivity contribution in [2.45, 2.75) is 52.1 Å². The number of hydrazine groups is 1. The van der Waals surface area contributed by atoms with E-state index in [1.54, 1.807) is 6.08 Å². The second-order valence-corrected chi connectivity index (χ2v) is 4.43. The van der Waals surface area contributed by atoms with Gasteiger partial charge in [0.1, 0.15) is 12.0 Å². The lowest BCUT2D eigenvalue weighted by Gasteiger charge is -2.27. The normalized spacial score (nSPS) is 20.7. The molecule has 104 valence electrons. The molecule has 0 bridgehead atoms. The molecule has 2 aliphatic heterocycles. The molecular weight excluding hydrogens is 234 g/mol. The van der Waals surface area contributed by atoms with E-state index in [4.69, 9.17) is 0 Å². The molecule has 2 rings (SSSR count). The molecule has 19 heavy (non-hydrogen) atoms. The van der Waals surface area contributed by atoms with Crippen molar-refractivity contribution in [3.8, 4) is 11.8 Å². The Balaban J connectivity index is 0.000000861. The Bertz CT molecular complexity index is 398. The first-order valence-electron chi connectivity index (χ1n) is 7.17. The van der Waals surface area contributed by atoms with Crippen molar-refractivity contribution < 1.29 is 0 Å². The van der Waals surface area contributed by atoms with Gasteiger partial charge < -0.3 is 5.43 Å². The maximum atomic E-state index is 4.66. The minimum Gasteiger partial charge on any atom is -0.305 e. The summed E-state index contributed by atoms with van der Waals surface area (Å²) in [6.45, 7) is 12.7. The first-order valence-corrected chi connectivity index (χ1v) is 7.17. The summed E-state index contributed by atoms with van der Waals surface area (Å²) < 4.78 is 0. The first kappa shape index (κ1) is 15.5. The van der Waals surface area contributed by atoms with Crippen molar-refractivity contribution in [1.82, 2.24) is 10.4 Å². The van der Waals surface area contributed by atoms with Gasteiger partial charge in [0, 0.05) is 25.0 Å². The van der Waals surface area contributed by atoms with Gasteiger partial charge in [0.25, 0.3) is 0 Å². The lowest BCUT2D eigenvalue weighted by atomic mass is 10.1. The molecule has 0 saturated carbocycles. The monoisotopic (exact) mass is 259 g/mol. The highest BCUT2D eigenvalue weighted by molar-refractivity contribution is 5.86. The number of rotatable bonds is 3. The number of aliphatic imine (C=N–C) groups is 1. The average Bonchev–Trinajstić information content (AvgIpc) is 2.83. The van der Waals surface area contributed by atoms with Crippen molar-refractivity contribution in [3.05, 3.63) is 24.8 Å². The molecule has 1 unspecified atom stereocenters. The number of hydrogen-bond acceptors (Lipinski definition) is 3. The fraction of sp³-hybridized carbons (Fsp3) is 0.562. The molecule has 0 spiro atoms. The van der Waals surface area contributed by atoms with Gasteiger partial charge in [0.15, 0.2) is 0 Å². The van der Waals surface area contributed by atoms with Crippen LogP contribution < -0.4 is 5.43 Å². The van der Waals surface area contributed by atoms with Gasteiger partial charge in [-0.3, -0.25) is 4.99 Å². The molecule has 3 nitrogen and oxygen atoms in total. The van der Waals surface area contributed by atoms with Crippen molar-refractivity contribution >= 4 is 5.84 Å². The fourth-order valence-corrected chi connectivity index (χ4v) is 2.13. The SMILES string of the molecule is C=CCC#CC(=C)CC1=NC2CCCCN2N1.CC. The van der Waals surface area contributed by atoms with E-state index in [0.29, 0.717) is 12.6 Å². The van der Waals surface area contributed by atoms with E-state index in [2.05, 4.69) is 40.4 Å². The molecule has 2 heterocycles. The zero-order valence-corrected chi connectivity index (χ0v) is 12.2. The quantitative estimate of drug-likeness (QED) is 0.622. The minimum absolute atomic E-state index is 0.340. The van der Waals surface area contributed by atoms with Crippen LogP contribution in [0.15, 0.2) is 29.8 Å². The maximum absolute atomic E-state index is 4.66. The number of hydrogen-bond donors (Lipinski definition) is 1. The fourth-order valence-electron chi connectivity index (χ4n) is 2.13. The third-order valence-corrected chi connectivity index (χ3v) is 2.94. The van der Waals surface area contributed by atoms with E-state index in [1.165, 1.54) is 12.8 Å². The van der Waals surface area contributed by atoms with Crippen LogP contribution in [0.4, 0.5) is 0 Å². The van der Waals surface area contributed by atoms with Gasteiger partial charge in [-0.25, -0.2) is 0 Å². The highest BCUT2D eigenvalue weighted by Crippen LogP contribution is 2.20. The van der Waals surface area contributed by atoms with Gasteiger partial charge in [-0.1, -0.05) is 38.3 Å². The van der Waals surface area contributed by atoms with Gasteiger partial charge in [-0.05, 0) is 19.3 Å². The topological polar surface area (TPSA) is 27.6 Å². The second-order valence-electron chi connectivity index (χ2n) is 4.43. The van der Waals surface area contributed by atoms with Crippen LogP contribution in [0.5, 0.6) is 0 Å². The number of allylic oxidation sites excluding steroid dienone is 1. The van der Waals surface area contributed by atoms with Crippen LogP contribution in [0, 0.1) is 11.8 Å². The van der Waals surface area contributed by atoms with Crippen molar-refractivity contribution in [3.63, 3.8) is 0 Å². The van der Waals surface area contributed by atoms with Crippen LogP contribution in [0.3, 0.4) is 0 Å². The second kappa shape index (κ2) is 8.55. The Morgan fingerprint density at radius 1 is 1.53 bits per heavy atom. The van der Waals surface area contributed by atoms with Crippen LogP contribution >= 0.6 is 0 Å². The summed E-state index contributed by atoms with van der Waals surface area (Å²) in [5, 5.41) is 2.23. The first-order chi connectivity index (χ1) is 9.29. The van der Waals surface area contributed by atoms with Crippen molar-refractivity contribution in [1.29, 1.82) is 0 Å². The third-order valence-electron chi connectivity index (χ3n) is 2.94. The molecule has 1 saturated heterocycles. The van der Waals surface area contributed by atoms with Crippen molar-refractivity contribution in [2.24, 2.45) is 4.99 Å². The summed E-state index contributed by atoms with van der Waals surface area (Å²) in [7, 11) is 0. The summed E-state index contributed by atoms with van der Waals surface area (Å²) in [5.74, 6) is 7.05. The number of nitrogens with zero attached hydrogens (tertiary/aromatic N) is 2. The molecule has 0 amide bonds. The molecule has 1 fully saturated rings. The highest BCUT2D eigenvalue weighted by Gasteiger charge is 2.27. The predicted molar refractivity (Wildman–Crippen MR) is 82.6 cm³/mol. The Morgan fingerprint density at radius 2 is 2.32 bits per heavy atom. The molecule has 1 N–H and O–H groups in total. The molecular formula is C16H25N3. The highest BCUT2D eigenvalue weighted by atomic mass is 15.6. The summed E-state index contributed by atoms with van der Waals surface area (Å²) in [6, 6.07) is 0. The van der Waals surface area contributed by atoms with E-state index in [1.807, 2.05) is 13.8 Å². The van der Waals surface area contributed by atoms with Gasteiger partial charge in [-0.2, -0.15) is 5.01 Å². The summed E-state index contributed by atoms with van der Waals surface area (Å²) in [6.07, 6.45) is 7.28. The zero-order valence-electron chi connectivity index (χ0n) is 12.2. The van der Waals surface area contributed by atoms with Gasteiger partial charge in [0.05, 0.1) is 0 Å². The minimum atomic E-state index is 0.340. The number of amidine groups is 1. The predicted octanol–water partition coefficient (Wildman–Crippen LogP) is 3.27. The number of piperidine rings is 1. The smallest absolute Gasteiger partial charge is 0.121 e. The standard InChI is InChI=1S/C14H19N3.C2H6/c1-3-4-5-8-12(2)11-13-15-14-9-6-7-10-17(14)16-13;1-2/h3,14H,1-2,4,6-7,9-11H2,(H,15,16);1-2H3. The van der Waals surface area contributed by atoms with E-state index in [0.717, 1.165) is 30.8 Å². The molecule has 0 aliphatic carbocycles. The lowest BCUT2D eigenvalue weighted by molar-refractivity contribution is 0.143. The van der Waals surface area contributed by atoms with Crippen LogP contribution in [0.25, 0.3) is 0 Å². The lowest BCUT2D eigenvalue weighted by Crippen LogP contribution is -2.43. The Labute approximate surface area is 117 Å². The van der Waals surface area contributed by atoms with Crippen LogP contribution in [-0.2, 0) is 0 Å². The van der Waals surface area contributed by atoms with Crippen LogP contribution in [0.1, 0.15) is 46.0 Å². The Hall–Kier alpha value is -1.53. The summed E-state index contributed by atoms with van der Waals surface area (Å²) >= 11 is 0. The van der Waals surface area contributed by atoms with Gasteiger partial charge >= 0.3 is 0 Å². The van der Waals surface area contributed by atoms with E-state index >= 15 is 0 Å². The summed E-state index contributed by atoms with van der Waals surface area (Å²) in [5.41, 5.74) is 4.26. The largest absolute Gasteiger partial charge is 0.305 e. The van der Waals surface area contributed by atoms with E-state index < -0.39 is 0 Å². The molecule has 0 aromatic heterocycles. The molecule has 2 aliphatic rings. The maximum Gasteiger partial charge on any atom is 0.121 e. The molecule has 1 atom stereocenters. The molecule has 0 radical (unpaired) electrons. The van der Waals surface area contributed by atoms with E-state index in [9.17, 15) is 0 Å². The zero-order chi connectivity index (χ0) is 14.1. The summed E-state index contributed by atoms with van der Waals surface area (Å²) in [4.78, 5) is 4.66. The molecule has 3 heteroatoms. The van der Waals surface area contributed by atoms with Gasteiger partial charge in [-0.15, -0.1) is 6.58 Å².